The largest absolute Gasteiger partial charge is 0.489 e. The maximum atomic E-state index is 11.6. The molecular formula is C22H31N5O2. The zero-order valence-electron chi connectivity index (χ0n) is 17.1. The number of anilines is 1. The van der Waals surface area contributed by atoms with E-state index >= 15 is 0 Å². The Morgan fingerprint density at radius 1 is 1.24 bits per heavy atom. The van der Waals surface area contributed by atoms with Crippen LogP contribution in [-0.2, 0) is 11.2 Å². The van der Waals surface area contributed by atoms with Crippen molar-refractivity contribution >= 4 is 11.7 Å². The molecule has 0 radical (unpaired) electrons. The minimum absolute atomic E-state index is 0.0284. The van der Waals surface area contributed by atoms with Crippen LogP contribution in [0.5, 0.6) is 5.75 Å². The molecule has 156 valence electrons. The number of carbonyl (C=O) groups is 1. The van der Waals surface area contributed by atoms with E-state index in [2.05, 4.69) is 26.2 Å². The van der Waals surface area contributed by atoms with Gasteiger partial charge < -0.3 is 15.0 Å². The molecule has 0 aromatic carbocycles. The Bertz CT molecular complexity index is 746. The first-order valence-electron chi connectivity index (χ1n) is 11.0. The van der Waals surface area contributed by atoms with Crippen LogP contribution >= 0.6 is 0 Å². The smallest absolute Gasteiger partial charge is 0.234 e. The number of nitrogens with zero attached hydrogens (tertiary/aromatic N) is 4. The minimum atomic E-state index is -0.127. The van der Waals surface area contributed by atoms with Gasteiger partial charge >= 0.3 is 0 Å². The highest BCUT2D eigenvalue weighted by molar-refractivity contribution is 5.78. The van der Waals surface area contributed by atoms with Crippen LogP contribution in [0.25, 0.3) is 0 Å². The molecule has 1 aromatic rings. The zero-order chi connectivity index (χ0) is 20.1. The van der Waals surface area contributed by atoms with Crippen molar-refractivity contribution in [1.29, 1.82) is 5.26 Å². The molecular weight excluding hydrogens is 366 g/mol. The van der Waals surface area contributed by atoms with Crippen molar-refractivity contribution < 1.29 is 9.53 Å². The molecule has 2 aliphatic heterocycles. The summed E-state index contributed by atoms with van der Waals surface area (Å²) in [6.07, 6.45) is 8.55. The van der Waals surface area contributed by atoms with E-state index in [4.69, 9.17) is 10.00 Å². The molecule has 2 fully saturated rings. The third-order valence-corrected chi connectivity index (χ3v) is 6.56. The Hall–Kier alpha value is -2.33. The number of fused-ring (bicyclic) bond motifs is 1. The summed E-state index contributed by atoms with van der Waals surface area (Å²) >= 11 is 0. The molecule has 1 N–H and O–H groups in total. The highest BCUT2D eigenvalue weighted by atomic mass is 16.5. The summed E-state index contributed by atoms with van der Waals surface area (Å²) in [5, 5.41) is 11.6. The predicted molar refractivity (Wildman–Crippen MR) is 111 cm³/mol. The Morgan fingerprint density at radius 2 is 2.03 bits per heavy atom. The van der Waals surface area contributed by atoms with Crippen LogP contribution in [0.2, 0.25) is 0 Å². The fourth-order valence-corrected chi connectivity index (χ4v) is 4.81. The molecule has 1 saturated heterocycles. The SMILES string of the molecule is N#CCC(=O)N[C@H]1CC[C@H](CCN2CCN(c3nccc4c3OCC4)CC2)CC1. The number of carbonyl (C=O) groups excluding carboxylic acids is 1. The lowest BCUT2D eigenvalue weighted by Crippen LogP contribution is -2.47. The number of nitriles is 1. The number of piperazine rings is 1. The lowest BCUT2D eigenvalue weighted by atomic mass is 9.84. The Morgan fingerprint density at radius 3 is 2.79 bits per heavy atom. The summed E-state index contributed by atoms with van der Waals surface area (Å²) in [6.45, 7) is 6.09. The number of amides is 1. The third-order valence-electron chi connectivity index (χ3n) is 6.56. The standard InChI is InChI=1S/C22H31N5O2/c23-9-5-20(28)25-19-3-1-17(2-4-19)7-11-26-12-14-27(15-13-26)22-21-18(6-10-24-22)8-16-29-21/h6,10,17,19H,1-5,7-8,11-16H2,(H,25,28)/t17-,19-. The van der Waals surface area contributed by atoms with Crippen molar-refractivity contribution in [3.63, 3.8) is 0 Å². The maximum Gasteiger partial charge on any atom is 0.234 e. The molecule has 4 rings (SSSR count). The van der Waals surface area contributed by atoms with Gasteiger partial charge in [-0.1, -0.05) is 0 Å². The van der Waals surface area contributed by atoms with E-state index in [1.54, 1.807) is 0 Å². The van der Waals surface area contributed by atoms with Crippen molar-refractivity contribution in [3.05, 3.63) is 17.8 Å². The van der Waals surface area contributed by atoms with Crippen LogP contribution in [0.1, 0.15) is 44.1 Å². The van der Waals surface area contributed by atoms with E-state index in [0.717, 1.165) is 76.1 Å². The summed E-state index contributed by atoms with van der Waals surface area (Å²) in [6, 6.07) is 4.25. The number of hydrogen-bond acceptors (Lipinski definition) is 6. The van der Waals surface area contributed by atoms with Gasteiger partial charge in [0.2, 0.25) is 5.91 Å². The number of pyridine rings is 1. The first-order chi connectivity index (χ1) is 14.2. The lowest BCUT2D eigenvalue weighted by molar-refractivity contribution is -0.121. The molecule has 7 heteroatoms. The number of rotatable bonds is 6. The van der Waals surface area contributed by atoms with Gasteiger partial charge in [-0.05, 0) is 50.6 Å². The molecule has 3 heterocycles. The summed E-state index contributed by atoms with van der Waals surface area (Å²) in [5.74, 6) is 2.65. The lowest BCUT2D eigenvalue weighted by Gasteiger charge is -2.37. The number of aromatic nitrogens is 1. The molecule has 0 atom stereocenters. The second kappa shape index (κ2) is 9.45. The van der Waals surface area contributed by atoms with E-state index in [1.807, 2.05) is 12.3 Å². The van der Waals surface area contributed by atoms with Crippen LogP contribution < -0.4 is 15.0 Å². The highest BCUT2D eigenvalue weighted by Gasteiger charge is 2.26. The molecule has 3 aliphatic rings. The molecule has 0 bridgehead atoms. The van der Waals surface area contributed by atoms with Crippen LogP contribution in [0.15, 0.2) is 12.3 Å². The molecule has 1 aromatic heterocycles. The number of nitrogens with one attached hydrogen (secondary N) is 1. The van der Waals surface area contributed by atoms with E-state index in [-0.39, 0.29) is 18.4 Å². The average molecular weight is 398 g/mol. The second-order valence-corrected chi connectivity index (χ2v) is 8.46. The van der Waals surface area contributed by atoms with Crippen molar-refractivity contribution in [2.45, 2.75) is 51.0 Å². The van der Waals surface area contributed by atoms with E-state index in [0.29, 0.717) is 0 Å². The monoisotopic (exact) mass is 397 g/mol. The minimum Gasteiger partial charge on any atom is -0.489 e. The molecule has 1 aliphatic carbocycles. The van der Waals surface area contributed by atoms with Crippen molar-refractivity contribution in [3.8, 4) is 11.8 Å². The molecule has 0 spiro atoms. The molecule has 0 unspecified atom stereocenters. The fourth-order valence-electron chi connectivity index (χ4n) is 4.81. The maximum absolute atomic E-state index is 11.6. The summed E-state index contributed by atoms with van der Waals surface area (Å²) in [7, 11) is 0. The quantitative estimate of drug-likeness (QED) is 0.792. The number of ether oxygens (including phenoxy) is 1. The van der Waals surface area contributed by atoms with E-state index in [1.165, 1.54) is 24.8 Å². The van der Waals surface area contributed by atoms with Gasteiger partial charge in [-0.15, -0.1) is 0 Å². The zero-order valence-corrected chi connectivity index (χ0v) is 17.1. The van der Waals surface area contributed by atoms with Crippen molar-refractivity contribution in [1.82, 2.24) is 15.2 Å². The Kier molecular flexibility index (Phi) is 6.50. The highest BCUT2D eigenvalue weighted by Crippen LogP contribution is 2.34. The first kappa shape index (κ1) is 20.0. The molecule has 1 saturated carbocycles. The first-order valence-corrected chi connectivity index (χ1v) is 11.0. The van der Waals surface area contributed by atoms with Gasteiger partial charge in [-0.3, -0.25) is 9.69 Å². The van der Waals surface area contributed by atoms with Gasteiger partial charge in [0.25, 0.3) is 0 Å². The van der Waals surface area contributed by atoms with Gasteiger partial charge in [0.15, 0.2) is 11.6 Å². The summed E-state index contributed by atoms with van der Waals surface area (Å²) in [5.41, 5.74) is 1.29. The van der Waals surface area contributed by atoms with Gasteiger partial charge in [0.05, 0.1) is 12.7 Å². The van der Waals surface area contributed by atoms with Crippen LogP contribution in [0.4, 0.5) is 5.82 Å². The number of hydrogen-bond donors (Lipinski definition) is 1. The Balaban J connectivity index is 1.17. The van der Waals surface area contributed by atoms with Crippen LogP contribution in [0, 0.1) is 17.2 Å². The van der Waals surface area contributed by atoms with Gasteiger partial charge in [-0.25, -0.2) is 4.98 Å². The van der Waals surface area contributed by atoms with Crippen LogP contribution in [-0.4, -0.2) is 61.2 Å². The van der Waals surface area contributed by atoms with E-state index in [9.17, 15) is 4.79 Å². The summed E-state index contributed by atoms with van der Waals surface area (Å²) < 4.78 is 5.82. The molecule has 1 amide bonds. The third kappa shape index (κ3) is 4.99. The van der Waals surface area contributed by atoms with Crippen molar-refractivity contribution in [2.75, 3.05) is 44.2 Å². The van der Waals surface area contributed by atoms with Gasteiger partial charge in [-0.2, -0.15) is 5.26 Å². The van der Waals surface area contributed by atoms with Gasteiger partial charge in [0.1, 0.15) is 6.42 Å². The van der Waals surface area contributed by atoms with Gasteiger partial charge in [0, 0.05) is 50.4 Å². The van der Waals surface area contributed by atoms with E-state index < -0.39 is 0 Å². The average Bonchev–Trinajstić information content (AvgIpc) is 3.23. The normalized spacial score (nSPS) is 24.4. The molecule has 7 nitrogen and oxygen atoms in total. The fraction of sp³-hybridized carbons (Fsp3) is 0.682. The molecule has 29 heavy (non-hydrogen) atoms. The Labute approximate surface area is 173 Å². The predicted octanol–water partition coefficient (Wildman–Crippen LogP) is 2.12. The summed E-state index contributed by atoms with van der Waals surface area (Å²) in [4.78, 5) is 21.1. The van der Waals surface area contributed by atoms with Crippen molar-refractivity contribution in [2.24, 2.45) is 5.92 Å². The second-order valence-electron chi connectivity index (χ2n) is 8.46. The van der Waals surface area contributed by atoms with Crippen LogP contribution in [0.3, 0.4) is 0 Å². The topological polar surface area (TPSA) is 81.5 Å².